The second-order valence-electron chi connectivity index (χ2n) is 8.66. The van der Waals surface area contributed by atoms with Crippen molar-refractivity contribution in [1.29, 1.82) is 0 Å². The zero-order valence-electron chi connectivity index (χ0n) is 19.5. The Hall–Kier alpha value is -2.54. The van der Waals surface area contributed by atoms with Crippen molar-refractivity contribution in [2.45, 2.75) is 83.8 Å². The standard InChI is InChI=1S/C17H5F25O2/c1-3(2)4(43)44-17(41,42)16(39,40)8(23,24)5(18)6(19,20)9(25,26)11(29,30)13(33,34)15(37,38)14(35,36)12(31,32)10(27,28)7(5,21)22/h1H2,2H3. The Morgan fingerprint density at radius 3 is 0.886 bits per heavy atom. The summed E-state index contributed by atoms with van der Waals surface area (Å²) >= 11 is 0. The maximum absolute atomic E-state index is 15.0. The van der Waals surface area contributed by atoms with Crippen LogP contribution in [0.25, 0.3) is 0 Å². The number of esters is 1. The summed E-state index contributed by atoms with van der Waals surface area (Å²) < 4.78 is 352. The van der Waals surface area contributed by atoms with Gasteiger partial charge in [-0.15, -0.1) is 0 Å². The van der Waals surface area contributed by atoms with Crippen LogP contribution in [0.1, 0.15) is 6.92 Å². The molecule has 1 fully saturated rings. The highest BCUT2D eigenvalue weighted by molar-refractivity contribution is 5.87. The van der Waals surface area contributed by atoms with Crippen molar-refractivity contribution in [2.75, 3.05) is 0 Å². The first-order chi connectivity index (χ1) is 18.6. The van der Waals surface area contributed by atoms with Gasteiger partial charge in [0.2, 0.25) is 0 Å². The maximum atomic E-state index is 15.0. The van der Waals surface area contributed by atoms with E-state index in [2.05, 4.69) is 11.3 Å². The van der Waals surface area contributed by atoms with Gasteiger partial charge in [0.15, 0.2) is 0 Å². The number of ether oxygens (including phenoxy) is 1. The van der Waals surface area contributed by atoms with Gasteiger partial charge in [-0.05, 0) is 6.92 Å². The minimum Gasteiger partial charge on any atom is -0.393 e. The van der Waals surface area contributed by atoms with E-state index in [1.807, 2.05) is 0 Å². The van der Waals surface area contributed by atoms with E-state index in [0.717, 1.165) is 0 Å². The van der Waals surface area contributed by atoms with Crippen molar-refractivity contribution in [2.24, 2.45) is 0 Å². The van der Waals surface area contributed by atoms with Gasteiger partial charge in [-0.25, -0.2) is 9.18 Å². The smallest absolute Gasteiger partial charge is 0.393 e. The first-order valence-corrected chi connectivity index (χ1v) is 9.69. The summed E-state index contributed by atoms with van der Waals surface area (Å²) in [5.41, 5.74) is -12.1. The summed E-state index contributed by atoms with van der Waals surface area (Å²) in [5, 5.41) is 0. The summed E-state index contributed by atoms with van der Waals surface area (Å²) in [7, 11) is 0. The van der Waals surface area contributed by atoms with E-state index in [0.29, 0.717) is 0 Å². The predicted molar refractivity (Wildman–Crippen MR) is 84.1 cm³/mol. The van der Waals surface area contributed by atoms with Crippen LogP contribution >= 0.6 is 0 Å². The van der Waals surface area contributed by atoms with E-state index in [-0.39, 0.29) is 6.92 Å². The Labute approximate surface area is 222 Å². The molecule has 44 heavy (non-hydrogen) atoms. The maximum Gasteiger partial charge on any atom is 0.473 e. The summed E-state index contributed by atoms with van der Waals surface area (Å²) in [6.07, 6.45) is -8.02. The molecule has 0 unspecified atom stereocenters. The quantitative estimate of drug-likeness (QED) is 0.162. The number of hydrogen-bond donors (Lipinski definition) is 0. The predicted octanol–water partition coefficient (Wildman–Crippen LogP) is 8.41. The van der Waals surface area contributed by atoms with Gasteiger partial charge in [0.05, 0.1) is 0 Å². The molecular weight excluding hydrogens is 711 g/mol. The number of hydrogen-bond acceptors (Lipinski definition) is 2. The van der Waals surface area contributed by atoms with Crippen molar-refractivity contribution < 1.29 is 119 Å². The molecule has 0 aromatic heterocycles. The van der Waals surface area contributed by atoms with E-state index >= 15 is 4.39 Å². The number of alkyl halides is 25. The van der Waals surface area contributed by atoms with Crippen LogP contribution in [0.2, 0.25) is 0 Å². The molecule has 1 aliphatic rings. The van der Waals surface area contributed by atoms with Gasteiger partial charge in [0, 0.05) is 5.57 Å². The Morgan fingerprint density at radius 2 is 0.682 bits per heavy atom. The second kappa shape index (κ2) is 9.27. The van der Waals surface area contributed by atoms with E-state index in [1.54, 1.807) is 0 Å². The van der Waals surface area contributed by atoms with E-state index in [1.165, 1.54) is 0 Å². The van der Waals surface area contributed by atoms with Crippen LogP contribution in [0.15, 0.2) is 12.2 Å². The fourth-order valence-electron chi connectivity index (χ4n) is 3.07. The van der Waals surface area contributed by atoms with Gasteiger partial charge in [0.1, 0.15) is 0 Å². The molecule has 0 aromatic rings. The highest BCUT2D eigenvalue weighted by Crippen LogP contribution is 2.74. The van der Waals surface area contributed by atoms with Crippen molar-refractivity contribution >= 4 is 5.97 Å². The second-order valence-corrected chi connectivity index (χ2v) is 8.66. The SMILES string of the molecule is C=C(C)C(=O)OC(F)(F)C(F)(F)C(F)(F)C1(F)C(F)(F)C(F)(F)C(F)(F)C(F)(F)C(F)(F)C(F)(F)C(F)(F)C(F)(F)C1(F)F. The lowest BCUT2D eigenvalue weighted by Crippen LogP contribution is -2.87. The molecule has 0 saturated heterocycles. The van der Waals surface area contributed by atoms with Crippen LogP contribution in [-0.4, -0.2) is 82.9 Å². The Morgan fingerprint density at radius 1 is 0.477 bits per heavy atom. The van der Waals surface area contributed by atoms with Crippen molar-refractivity contribution in [3.8, 4) is 0 Å². The zero-order valence-corrected chi connectivity index (χ0v) is 19.5. The minimum absolute atomic E-state index is 0.0936. The van der Waals surface area contributed by atoms with Gasteiger partial charge >= 0.3 is 82.9 Å². The van der Waals surface area contributed by atoms with Crippen LogP contribution in [0.4, 0.5) is 110 Å². The lowest BCUT2D eigenvalue weighted by molar-refractivity contribution is -0.519. The fourth-order valence-corrected chi connectivity index (χ4v) is 3.07. The molecule has 0 atom stereocenters. The van der Waals surface area contributed by atoms with Crippen molar-refractivity contribution in [3.63, 3.8) is 0 Å². The number of carbonyl (C=O) groups excluding carboxylic acids is 1. The average molecular weight is 716 g/mol. The molecule has 0 aliphatic heterocycles. The fraction of sp³-hybridized carbons (Fsp3) is 0.824. The van der Waals surface area contributed by atoms with Crippen LogP contribution in [0.3, 0.4) is 0 Å². The van der Waals surface area contributed by atoms with Crippen LogP contribution in [0.5, 0.6) is 0 Å². The minimum atomic E-state index is -10.4. The zero-order chi connectivity index (χ0) is 36.4. The number of halogens is 25. The lowest BCUT2D eigenvalue weighted by atomic mass is 9.70. The summed E-state index contributed by atoms with van der Waals surface area (Å²) in [4.78, 5) is 11.0. The molecule has 0 spiro atoms. The molecule has 1 aliphatic carbocycles. The molecule has 2 nitrogen and oxygen atoms in total. The molecule has 0 aromatic carbocycles. The highest BCUT2D eigenvalue weighted by Gasteiger charge is 3.07. The Balaban J connectivity index is 4.69. The topological polar surface area (TPSA) is 26.3 Å². The highest BCUT2D eigenvalue weighted by atomic mass is 19.4. The molecule has 0 bridgehead atoms. The summed E-state index contributed by atoms with van der Waals surface area (Å²) in [6.45, 7) is 2.36. The molecule has 0 N–H and O–H groups in total. The third-order valence-electron chi connectivity index (χ3n) is 5.78. The lowest BCUT2D eigenvalue weighted by Gasteiger charge is -2.53. The van der Waals surface area contributed by atoms with E-state index in [4.69, 9.17) is 0 Å². The van der Waals surface area contributed by atoms with Crippen molar-refractivity contribution in [1.82, 2.24) is 0 Å². The third kappa shape index (κ3) is 3.83. The van der Waals surface area contributed by atoms with E-state index in [9.17, 15) is 110 Å². The van der Waals surface area contributed by atoms with Crippen molar-refractivity contribution in [3.05, 3.63) is 12.2 Å². The summed E-state index contributed by atoms with van der Waals surface area (Å²) in [6, 6.07) is 0. The van der Waals surface area contributed by atoms with Crippen LogP contribution in [0, 0.1) is 0 Å². The first kappa shape index (κ1) is 39.5. The molecule has 1 saturated carbocycles. The molecule has 0 heterocycles. The number of rotatable bonds is 5. The van der Waals surface area contributed by atoms with E-state index < -0.39 is 88.5 Å². The molecule has 27 heteroatoms. The largest absolute Gasteiger partial charge is 0.473 e. The van der Waals surface area contributed by atoms with Gasteiger partial charge in [0.25, 0.3) is 0 Å². The van der Waals surface area contributed by atoms with Gasteiger partial charge in [-0.3, -0.25) is 0 Å². The third-order valence-corrected chi connectivity index (χ3v) is 5.78. The van der Waals surface area contributed by atoms with Gasteiger partial charge < -0.3 is 4.74 Å². The summed E-state index contributed by atoms with van der Waals surface area (Å²) in [5.74, 6) is -110. The Bertz CT molecular complexity index is 1130. The molecule has 260 valence electrons. The molecule has 0 radical (unpaired) electrons. The normalized spacial score (nSPS) is 28.0. The average Bonchev–Trinajstić information content (AvgIpc) is 2.80. The van der Waals surface area contributed by atoms with Gasteiger partial charge in [-0.1, -0.05) is 6.58 Å². The van der Waals surface area contributed by atoms with Crippen LogP contribution in [-0.2, 0) is 9.53 Å². The van der Waals surface area contributed by atoms with Crippen LogP contribution < -0.4 is 0 Å². The first-order valence-electron chi connectivity index (χ1n) is 9.69. The van der Waals surface area contributed by atoms with Gasteiger partial charge in [-0.2, -0.15) is 105 Å². The number of carbonyl (C=O) groups is 1. The monoisotopic (exact) mass is 716 g/mol. The Kier molecular flexibility index (Phi) is 8.31. The molecular formula is C17H5F25O2. The molecule has 1 rings (SSSR count). The molecule has 0 amide bonds.